The second kappa shape index (κ2) is 8.37. The lowest BCUT2D eigenvalue weighted by atomic mass is 10.2. The van der Waals surface area contributed by atoms with Crippen molar-refractivity contribution in [3.63, 3.8) is 0 Å². The Morgan fingerprint density at radius 2 is 2.00 bits per heavy atom. The Kier molecular flexibility index (Phi) is 5.81. The van der Waals surface area contributed by atoms with Crippen LogP contribution in [0, 0.1) is 6.92 Å². The van der Waals surface area contributed by atoms with E-state index >= 15 is 0 Å². The number of aryl methyl sites for hydroxylation is 1. The molecule has 1 amide bonds. The lowest BCUT2D eigenvalue weighted by molar-refractivity contribution is 0.0751. The predicted octanol–water partition coefficient (Wildman–Crippen LogP) is 2.97. The molecule has 1 aliphatic heterocycles. The number of amides is 1. The first-order valence-electron chi connectivity index (χ1n) is 9.80. The third-order valence-corrected chi connectivity index (χ3v) is 6.66. The molecule has 0 spiro atoms. The number of benzene rings is 1. The van der Waals surface area contributed by atoms with E-state index < -0.39 is 0 Å². The number of piperazine rings is 1. The summed E-state index contributed by atoms with van der Waals surface area (Å²) in [5.74, 6) is 0.572. The van der Waals surface area contributed by atoms with Crippen molar-refractivity contribution in [1.29, 1.82) is 0 Å². The summed E-state index contributed by atoms with van der Waals surface area (Å²) in [4.78, 5) is 40.5. The van der Waals surface area contributed by atoms with Crippen molar-refractivity contribution in [3.8, 4) is 0 Å². The van der Waals surface area contributed by atoms with Crippen LogP contribution < -0.4 is 10.5 Å². The molecule has 0 saturated carbocycles. The first-order chi connectivity index (χ1) is 14.3. The maximum atomic E-state index is 13.2. The highest BCUT2D eigenvalue weighted by Crippen LogP contribution is 2.29. The average molecular weight is 446 g/mol. The van der Waals surface area contributed by atoms with Crippen LogP contribution in [0.4, 0.5) is 5.69 Å². The van der Waals surface area contributed by atoms with E-state index in [0.29, 0.717) is 51.1 Å². The molecule has 2 aromatic heterocycles. The van der Waals surface area contributed by atoms with Crippen molar-refractivity contribution in [2.24, 2.45) is 0 Å². The zero-order valence-corrected chi connectivity index (χ0v) is 18.8. The maximum absolute atomic E-state index is 13.2. The molecule has 30 heavy (non-hydrogen) atoms. The summed E-state index contributed by atoms with van der Waals surface area (Å²) < 4.78 is 0. The molecule has 0 radical (unpaired) electrons. The monoisotopic (exact) mass is 445 g/mol. The van der Waals surface area contributed by atoms with E-state index in [1.165, 1.54) is 11.3 Å². The van der Waals surface area contributed by atoms with Crippen molar-refractivity contribution in [2.75, 3.05) is 45.2 Å². The Balaban J connectivity index is 1.54. The molecule has 0 bridgehead atoms. The van der Waals surface area contributed by atoms with Crippen LogP contribution in [0.1, 0.15) is 21.1 Å². The number of hydrogen-bond donors (Lipinski definition) is 1. The Bertz CT molecular complexity index is 1150. The van der Waals surface area contributed by atoms with Crippen molar-refractivity contribution >= 4 is 44.7 Å². The molecular formula is C21H24ClN5O2S. The normalized spacial score (nSPS) is 14.7. The van der Waals surface area contributed by atoms with Gasteiger partial charge < -0.3 is 19.7 Å². The van der Waals surface area contributed by atoms with E-state index in [0.717, 1.165) is 18.8 Å². The first kappa shape index (κ1) is 20.8. The van der Waals surface area contributed by atoms with Gasteiger partial charge in [0.25, 0.3) is 11.5 Å². The highest BCUT2D eigenvalue weighted by Gasteiger charge is 2.27. The second-order valence-electron chi connectivity index (χ2n) is 7.75. The molecule has 9 heteroatoms. The molecule has 1 aromatic carbocycles. The third kappa shape index (κ3) is 4.08. The van der Waals surface area contributed by atoms with Crippen LogP contribution in [0.3, 0.4) is 0 Å². The van der Waals surface area contributed by atoms with Crippen LogP contribution in [0.25, 0.3) is 10.2 Å². The minimum absolute atomic E-state index is 0.0326. The highest BCUT2D eigenvalue weighted by molar-refractivity contribution is 7.20. The summed E-state index contributed by atoms with van der Waals surface area (Å²) in [5, 5.41) is 1.22. The largest absolute Gasteiger partial charge is 0.368 e. The number of aromatic nitrogens is 2. The zero-order chi connectivity index (χ0) is 21.4. The van der Waals surface area contributed by atoms with Gasteiger partial charge >= 0.3 is 0 Å². The number of H-pyrrole nitrogens is 1. The molecule has 1 aliphatic rings. The number of fused-ring (bicyclic) bond motifs is 1. The summed E-state index contributed by atoms with van der Waals surface area (Å²) in [6, 6.07) is 7.76. The Labute approximate surface area is 183 Å². The second-order valence-corrected chi connectivity index (χ2v) is 9.18. The van der Waals surface area contributed by atoms with Crippen LogP contribution >= 0.6 is 22.9 Å². The number of nitrogens with one attached hydrogen (secondary N) is 1. The summed E-state index contributed by atoms with van der Waals surface area (Å²) in [7, 11) is 3.84. The maximum Gasteiger partial charge on any atom is 0.264 e. The van der Waals surface area contributed by atoms with Crippen molar-refractivity contribution < 1.29 is 4.79 Å². The van der Waals surface area contributed by atoms with E-state index in [4.69, 9.17) is 11.6 Å². The van der Waals surface area contributed by atoms with Gasteiger partial charge in [0.15, 0.2) is 0 Å². The van der Waals surface area contributed by atoms with Crippen molar-refractivity contribution in [2.45, 2.75) is 13.5 Å². The van der Waals surface area contributed by atoms with Gasteiger partial charge in [-0.05, 0) is 44.8 Å². The molecule has 158 valence electrons. The van der Waals surface area contributed by atoms with Crippen LogP contribution in [0.2, 0.25) is 5.02 Å². The van der Waals surface area contributed by atoms with E-state index in [-0.39, 0.29) is 11.5 Å². The van der Waals surface area contributed by atoms with Crippen LogP contribution in [-0.2, 0) is 6.54 Å². The standard InChI is InChI=1S/C21H24ClN5O2S/c1-13-17-19(28)23-16(12-25(2)3)24-20(17)30-18(13)21(29)27-9-7-26(8-10-27)15-6-4-5-14(22)11-15/h4-6,11H,7-10,12H2,1-3H3,(H,23,24,28). The van der Waals surface area contributed by atoms with Crippen molar-refractivity contribution in [3.05, 3.63) is 55.9 Å². The minimum atomic E-state index is -0.185. The average Bonchev–Trinajstić information content (AvgIpc) is 3.04. The number of aromatic amines is 1. The fourth-order valence-electron chi connectivity index (χ4n) is 3.75. The van der Waals surface area contributed by atoms with Gasteiger partial charge in [0.1, 0.15) is 10.7 Å². The summed E-state index contributed by atoms with van der Waals surface area (Å²) in [5.41, 5.74) is 1.59. The van der Waals surface area contributed by atoms with E-state index in [1.54, 1.807) is 0 Å². The number of halogens is 1. The van der Waals surface area contributed by atoms with Crippen LogP contribution in [0.15, 0.2) is 29.1 Å². The van der Waals surface area contributed by atoms with Crippen LogP contribution in [-0.4, -0.2) is 65.9 Å². The summed E-state index contributed by atoms with van der Waals surface area (Å²) >= 11 is 7.41. The van der Waals surface area contributed by atoms with Gasteiger partial charge in [-0.3, -0.25) is 9.59 Å². The van der Waals surface area contributed by atoms with E-state index in [9.17, 15) is 9.59 Å². The number of carbonyl (C=O) groups is 1. The smallest absolute Gasteiger partial charge is 0.264 e. The lowest BCUT2D eigenvalue weighted by Gasteiger charge is -2.36. The van der Waals surface area contributed by atoms with Gasteiger partial charge in [-0.1, -0.05) is 17.7 Å². The van der Waals surface area contributed by atoms with Gasteiger partial charge in [0.05, 0.1) is 16.8 Å². The lowest BCUT2D eigenvalue weighted by Crippen LogP contribution is -2.48. The first-order valence-corrected chi connectivity index (χ1v) is 11.0. The molecule has 1 fully saturated rings. The topological polar surface area (TPSA) is 72.5 Å². The molecule has 0 unspecified atom stereocenters. The highest BCUT2D eigenvalue weighted by atomic mass is 35.5. The number of rotatable bonds is 4. The third-order valence-electron chi connectivity index (χ3n) is 5.25. The molecule has 3 aromatic rings. The summed E-state index contributed by atoms with van der Waals surface area (Å²) in [6.07, 6.45) is 0. The quantitative estimate of drug-likeness (QED) is 0.668. The fraction of sp³-hybridized carbons (Fsp3) is 0.381. The van der Waals surface area contributed by atoms with Gasteiger partial charge in [-0.2, -0.15) is 0 Å². The van der Waals surface area contributed by atoms with E-state index in [2.05, 4.69) is 14.9 Å². The number of hydrogen-bond acceptors (Lipinski definition) is 6. The number of thiophene rings is 1. The van der Waals surface area contributed by atoms with Crippen LogP contribution in [0.5, 0.6) is 0 Å². The number of nitrogens with zero attached hydrogens (tertiary/aromatic N) is 4. The van der Waals surface area contributed by atoms with Gasteiger partial charge in [-0.15, -0.1) is 11.3 Å². The van der Waals surface area contributed by atoms with E-state index in [1.807, 2.05) is 55.1 Å². The van der Waals surface area contributed by atoms with Gasteiger partial charge in [0.2, 0.25) is 0 Å². The SMILES string of the molecule is Cc1c(C(=O)N2CCN(c3cccc(Cl)c3)CC2)sc2nc(CN(C)C)[nH]c(=O)c12. The molecule has 1 saturated heterocycles. The fourth-order valence-corrected chi connectivity index (χ4v) is 5.10. The molecule has 1 N–H and O–H groups in total. The molecular weight excluding hydrogens is 422 g/mol. The number of anilines is 1. The molecule has 7 nitrogen and oxygen atoms in total. The molecule has 0 aliphatic carbocycles. The van der Waals surface area contributed by atoms with Crippen molar-refractivity contribution in [1.82, 2.24) is 19.8 Å². The van der Waals surface area contributed by atoms with Gasteiger partial charge in [-0.25, -0.2) is 4.98 Å². The number of carbonyl (C=O) groups excluding carboxylic acids is 1. The Morgan fingerprint density at radius 3 is 2.67 bits per heavy atom. The molecule has 4 rings (SSSR count). The molecule has 0 atom stereocenters. The Hall–Kier alpha value is -2.42. The zero-order valence-electron chi connectivity index (χ0n) is 17.2. The predicted molar refractivity (Wildman–Crippen MR) is 122 cm³/mol. The molecule has 3 heterocycles. The minimum Gasteiger partial charge on any atom is -0.368 e. The summed E-state index contributed by atoms with van der Waals surface area (Å²) in [6.45, 7) is 5.08. The van der Waals surface area contributed by atoms with Gasteiger partial charge in [0, 0.05) is 36.9 Å². The Morgan fingerprint density at radius 1 is 1.27 bits per heavy atom.